The van der Waals surface area contributed by atoms with Crippen LogP contribution in [-0.2, 0) is 28.6 Å². The van der Waals surface area contributed by atoms with Crippen LogP contribution in [0.3, 0.4) is 0 Å². The number of carbonyl (C=O) groups excluding carboxylic acids is 3. The fourth-order valence-corrected chi connectivity index (χ4v) is 6.15. The van der Waals surface area contributed by atoms with Crippen molar-refractivity contribution in [2.75, 3.05) is 13.2 Å². The van der Waals surface area contributed by atoms with E-state index in [1.165, 1.54) is 161 Å². The highest BCUT2D eigenvalue weighted by Gasteiger charge is 2.17. The first-order valence-electron chi connectivity index (χ1n) is 20.5. The normalized spacial score (nSPS) is 11.2. The quantitative estimate of drug-likeness (QED) is 0.0373. The maximum atomic E-state index is 12.2. The van der Waals surface area contributed by atoms with Crippen molar-refractivity contribution in [3.8, 4) is 0 Å². The molecule has 0 aromatic heterocycles. The highest BCUT2D eigenvalue weighted by molar-refractivity contribution is 5.70. The van der Waals surface area contributed by atoms with Crippen LogP contribution in [0.5, 0.6) is 0 Å². The molecule has 0 amide bonds. The minimum atomic E-state index is -0.762. The minimum absolute atomic E-state index is 0.0800. The predicted octanol–water partition coefficient (Wildman–Crippen LogP) is 12.5. The molecule has 0 unspecified atom stereocenters. The first-order valence-corrected chi connectivity index (χ1v) is 20.5. The maximum absolute atomic E-state index is 12.2. The van der Waals surface area contributed by atoms with Gasteiger partial charge < -0.3 is 14.2 Å². The van der Waals surface area contributed by atoms with Crippen molar-refractivity contribution in [1.29, 1.82) is 0 Å². The molecule has 6 heteroatoms. The number of rotatable bonds is 37. The second kappa shape index (κ2) is 37.2. The van der Waals surface area contributed by atoms with Gasteiger partial charge in [0, 0.05) is 19.8 Å². The molecule has 0 fully saturated rings. The molecule has 278 valence electrons. The summed E-state index contributed by atoms with van der Waals surface area (Å²) < 4.78 is 15.9. The lowest BCUT2D eigenvalue weighted by Gasteiger charge is -2.17. The van der Waals surface area contributed by atoms with Gasteiger partial charge in [0.15, 0.2) is 6.10 Å². The highest BCUT2D eigenvalue weighted by atomic mass is 16.6. The second-order valence-electron chi connectivity index (χ2n) is 14.0. The van der Waals surface area contributed by atoms with Crippen LogP contribution in [-0.4, -0.2) is 37.2 Å². The molecule has 0 heterocycles. The van der Waals surface area contributed by atoms with E-state index in [0.717, 1.165) is 38.5 Å². The molecule has 6 nitrogen and oxygen atoms in total. The van der Waals surface area contributed by atoms with E-state index in [-0.39, 0.29) is 25.2 Å². The summed E-state index contributed by atoms with van der Waals surface area (Å²) in [6, 6.07) is 0. The summed E-state index contributed by atoms with van der Waals surface area (Å²) >= 11 is 0. The van der Waals surface area contributed by atoms with Crippen LogP contribution in [0.1, 0.15) is 226 Å². The zero-order valence-corrected chi connectivity index (χ0v) is 31.6. The van der Waals surface area contributed by atoms with Crippen molar-refractivity contribution < 1.29 is 28.6 Å². The number of carbonyl (C=O) groups is 3. The van der Waals surface area contributed by atoms with E-state index < -0.39 is 12.1 Å². The van der Waals surface area contributed by atoms with Gasteiger partial charge in [-0.1, -0.05) is 194 Å². The number of esters is 3. The number of hydrogen-bond acceptors (Lipinski definition) is 6. The highest BCUT2D eigenvalue weighted by Crippen LogP contribution is 2.15. The molecule has 0 aliphatic carbocycles. The number of unbranched alkanes of at least 4 members (excludes halogenated alkanes) is 28. The molecule has 0 aromatic carbocycles. The topological polar surface area (TPSA) is 78.9 Å². The lowest BCUT2D eigenvalue weighted by Crippen LogP contribution is -2.30. The van der Waals surface area contributed by atoms with Crippen molar-refractivity contribution in [3.05, 3.63) is 0 Å². The van der Waals surface area contributed by atoms with Crippen molar-refractivity contribution in [1.82, 2.24) is 0 Å². The van der Waals surface area contributed by atoms with E-state index in [4.69, 9.17) is 14.2 Å². The SMILES string of the molecule is CCCCCCCCCCCCCCCCCC(=O)OCC(COC(=O)CCCCCCCCCCCCCCCCC)OC(C)=O. The molecular formula is C41H78O6. The zero-order chi connectivity index (χ0) is 34.5. The Hall–Kier alpha value is -1.59. The largest absolute Gasteiger partial charge is 0.462 e. The van der Waals surface area contributed by atoms with E-state index in [1.54, 1.807) is 0 Å². The fourth-order valence-electron chi connectivity index (χ4n) is 6.15. The Balaban J connectivity index is 3.69. The summed E-state index contributed by atoms with van der Waals surface area (Å²) in [5, 5.41) is 0. The Labute approximate surface area is 291 Å². The van der Waals surface area contributed by atoms with Crippen LogP contribution in [0, 0.1) is 0 Å². The molecule has 0 aromatic rings. The van der Waals surface area contributed by atoms with Gasteiger partial charge in [-0.05, 0) is 12.8 Å². The standard InChI is InChI=1S/C41H78O6/c1-4-6-8-10-12-14-16-18-20-22-24-26-28-30-32-34-40(43)45-36-39(47-38(3)42)37-46-41(44)35-33-31-29-27-25-23-21-19-17-15-13-11-9-7-5-2/h39H,4-37H2,1-3H3. The lowest BCUT2D eigenvalue weighted by molar-refractivity contribution is -0.165. The van der Waals surface area contributed by atoms with Crippen molar-refractivity contribution >= 4 is 17.9 Å². The number of hydrogen-bond donors (Lipinski definition) is 0. The zero-order valence-electron chi connectivity index (χ0n) is 31.6. The Kier molecular flexibility index (Phi) is 36.0. The first-order chi connectivity index (χ1) is 23.0. The van der Waals surface area contributed by atoms with Gasteiger partial charge in [-0.2, -0.15) is 0 Å². The van der Waals surface area contributed by atoms with E-state index in [9.17, 15) is 14.4 Å². The summed E-state index contributed by atoms with van der Waals surface area (Å²) in [6.45, 7) is 5.68. The molecule has 0 spiro atoms. The van der Waals surface area contributed by atoms with Gasteiger partial charge in [0.1, 0.15) is 13.2 Å². The summed E-state index contributed by atoms with van der Waals surface area (Å²) in [5.41, 5.74) is 0. The van der Waals surface area contributed by atoms with E-state index >= 15 is 0 Å². The van der Waals surface area contributed by atoms with Crippen LogP contribution in [0.25, 0.3) is 0 Å². The summed E-state index contributed by atoms with van der Waals surface area (Å²) in [4.78, 5) is 35.9. The third-order valence-electron chi connectivity index (χ3n) is 9.16. The molecule has 0 atom stereocenters. The Morgan fingerprint density at radius 2 is 0.617 bits per heavy atom. The molecule has 0 saturated heterocycles. The monoisotopic (exact) mass is 667 g/mol. The van der Waals surface area contributed by atoms with Gasteiger partial charge in [-0.15, -0.1) is 0 Å². The van der Waals surface area contributed by atoms with Crippen LogP contribution >= 0.6 is 0 Å². The van der Waals surface area contributed by atoms with Crippen molar-refractivity contribution in [2.45, 2.75) is 232 Å². The summed E-state index contributed by atoms with van der Waals surface area (Å²) in [7, 11) is 0. The molecule has 0 aliphatic heterocycles. The van der Waals surface area contributed by atoms with E-state index in [0.29, 0.717) is 12.8 Å². The van der Waals surface area contributed by atoms with Crippen LogP contribution in [0.15, 0.2) is 0 Å². The third-order valence-corrected chi connectivity index (χ3v) is 9.16. The third kappa shape index (κ3) is 37.1. The van der Waals surface area contributed by atoms with Crippen LogP contribution in [0.4, 0.5) is 0 Å². The van der Waals surface area contributed by atoms with Gasteiger partial charge >= 0.3 is 17.9 Å². The molecule has 47 heavy (non-hydrogen) atoms. The van der Waals surface area contributed by atoms with Gasteiger partial charge in [-0.3, -0.25) is 14.4 Å². The fraction of sp³-hybridized carbons (Fsp3) is 0.927. The van der Waals surface area contributed by atoms with Crippen molar-refractivity contribution in [3.63, 3.8) is 0 Å². The maximum Gasteiger partial charge on any atom is 0.305 e. The molecular weight excluding hydrogens is 588 g/mol. The summed E-state index contributed by atoms with van der Waals surface area (Å²) in [6.07, 6.45) is 38.4. The van der Waals surface area contributed by atoms with Crippen LogP contribution < -0.4 is 0 Å². The van der Waals surface area contributed by atoms with E-state index in [1.807, 2.05) is 0 Å². The smallest absolute Gasteiger partial charge is 0.305 e. The molecule has 0 saturated carbocycles. The van der Waals surface area contributed by atoms with Gasteiger partial charge in [0.05, 0.1) is 0 Å². The molecule has 0 N–H and O–H groups in total. The lowest BCUT2D eigenvalue weighted by atomic mass is 10.0. The predicted molar refractivity (Wildman–Crippen MR) is 197 cm³/mol. The number of ether oxygens (including phenoxy) is 3. The molecule has 0 bridgehead atoms. The van der Waals surface area contributed by atoms with Crippen LogP contribution in [0.2, 0.25) is 0 Å². The Bertz CT molecular complexity index is 643. The first kappa shape index (κ1) is 45.4. The van der Waals surface area contributed by atoms with E-state index in [2.05, 4.69) is 13.8 Å². The Morgan fingerprint density at radius 1 is 0.383 bits per heavy atom. The average molecular weight is 667 g/mol. The molecule has 0 aliphatic rings. The average Bonchev–Trinajstić information content (AvgIpc) is 3.05. The van der Waals surface area contributed by atoms with Gasteiger partial charge in [0.2, 0.25) is 0 Å². The van der Waals surface area contributed by atoms with Gasteiger partial charge in [0.25, 0.3) is 0 Å². The second-order valence-corrected chi connectivity index (χ2v) is 14.0. The van der Waals surface area contributed by atoms with Crippen molar-refractivity contribution in [2.24, 2.45) is 0 Å². The molecule has 0 radical (unpaired) electrons. The summed E-state index contributed by atoms with van der Waals surface area (Å²) in [5.74, 6) is -1.06. The molecule has 0 rings (SSSR count). The Morgan fingerprint density at radius 3 is 0.851 bits per heavy atom. The minimum Gasteiger partial charge on any atom is -0.462 e. The van der Waals surface area contributed by atoms with Gasteiger partial charge in [-0.25, -0.2) is 0 Å².